The van der Waals surface area contributed by atoms with Gasteiger partial charge in [-0.3, -0.25) is 9.59 Å². The van der Waals surface area contributed by atoms with E-state index in [1.54, 1.807) is 4.90 Å². The average molecular weight is 449 g/mol. The molecule has 0 aromatic heterocycles. The predicted molar refractivity (Wildman–Crippen MR) is 122 cm³/mol. The van der Waals surface area contributed by atoms with Crippen LogP contribution in [0.25, 0.3) is 11.1 Å². The van der Waals surface area contributed by atoms with Crippen LogP contribution in [0.5, 0.6) is 0 Å². The maximum absolute atomic E-state index is 12.7. The van der Waals surface area contributed by atoms with Crippen molar-refractivity contribution < 1.29 is 24.2 Å². The van der Waals surface area contributed by atoms with Crippen molar-refractivity contribution in [1.82, 2.24) is 10.2 Å². The molecule has 1 saturated heterocycles. The summed E-state index contributed by atoms with van der Waals surface area (Å²) in [5, 5.41) is 11.8. The lowest BCUT2D eigenvalue weighted by atomic mass is 9.94. The highest BCUT2D eigenvalue weighted by atomic mass is 16.5. The summed E-state index contributed by atoms with van der Waals surface area (Å²) in [6, 6.07) is 16.4. The first kappa shape index (κ1) is 21.5. The number of ether oxygens (including phenoxy) is 1. The number of alkyl carbamates (subject to hydrolysis) is 1. The van der Waals surface area contributed by atoms with Crippen molar-refractivity contribution in [2.24, 2.45) is 11.8 Å². The first-order valence-corrected chi connectivity index (χ1v) is 11.6. The third kappa shape index (κ3) is 4.32. The van der Waals surface area contributed by atoms with Gasteiger partial charge in [-0.25, -0.2) is 4.79 Å². The fourth-order valence-electron chi connectivity index (χ4n) is 5.53. The van der Waals surface area contributed by atoms with E-state index in [9.17, 15) is 14.4 Å². The first-order valence-electron chi connectivity index (χ1n) is 11.6. The van der Waals surface area contributed by atoms with Crippen LogP contribution in [-0.2, 0) is 14.3 Å². The summed E-state index contributed by atoms with van der Waals surface area (Å²) in [6.45, 7) is 1.31. The molecule has 7 nitrogen and oxygen atoms in total. The quantitative estimate of drug-likeness (QED) is 0.704. The Kier molecular flexibility index (Phi) is 5.79. The number of nitrogens with zero attached hydrogens (tertiary/aromatic N) is 1. The maximum atomic E-state index is 12.7. The van der Waals surface area contributed by atoms with Crippen LogP contribution in [0, 0.1) is 11.8 Å². The Bertz CT molecular complexity index is 1030. The Morgan fingerprint density at radius 3 is 2.24 bits per heavy atom. The Morgan fingerprint density at radius 1 is 0.970 bits per heavy atom. The molecule has 3 aliphatic rings. The van der Waals surface area contributed by atoms with Crippen LogP contribution in [0.1, 0.15) is 42.7 Å². The molecule has 2 fully saturated rings. The molecule has 1 aliphatic heterocycles. The van der Waals surface area contributed by atoms with E-state index < -0.39 is 12.1 Å². The molecule has 0 bridgehead atoms. The van der Waals surface area contributed by atoms with E-state index in [0.29, 0.717) is 19.5 Å². The van der Waals surface area contributed by atoms with E-state index >= 15 is 0 Å². The number of carbonyl (C=O) groups is 3. The number of fused-ring (bicyclic) bond motifs is 3. The van der Waals surface area contributed by atoms with Gasteiger partial charge in [-0.05, 0) is 41.5 Å². The molecule has 172 valence electrons. The SMILES string of the molecule is O=C(O)CC1CN(C(=O)[C@H]2CC[C@@H](NC(=O)OCC3c4ccccc4-c4ccccc43)C2)C1. The molecule has 7 heteroatoms. The smallest absolute Gasteiger partial charge is 0.407 e. The van der Waals surface area contributed by atoms with E-state index in [1.807, 2.05) is 24.3 Å². The fraction of sp³-hybridized carbons (Fsp3) is 0.423. The third-order valence-electron chi connectivity index (χ3n) is 7.18. The third-order valence-corrected chi connectivity index (χ3v) is 7.18. The molecule has 5 rings (SSSR count). The second kappa shape index (κ2) is 8.89. The predicted octanol–water partition coefficient (Wildman–Crippen LogP) is 3.63. The van der Waals surface area contributed by atoms with Gasteiger partial charge < -0.3 is 20.1 Å². The average Bonchev–Trinajstić information content (AvgIpc) is 3.37. The molecule has 0 unspecified atom stereocenters. The van der Waals surface area contributed by atoms with Gasteiger partial charge in [-0.2, -0.15) is 0 Å². The number of likely N-dealkylation sites (tertiary alicyclic amines) is 1. The number of carboxylic acids is 1. The number of hydrogen-bond donors (Lipinski definition) is 2. The van der Waals surface area contributed by atoms with Gasteiger partial charge in [-0.15, -0.1) is 0 Å². The lowest BCUT2D eigenvalue weighted by molar-refractivity contribution is -0.147. The van der Waals surface area contributed by atoms with E-state index in [0.717, 1.165) is 12.8 Å². The normalized spacial score (nSPS) is 21.8. The standard InChI is InChI=1S/C26H28N2O5/c29-24(30)11-16-13-28(14-16)25(31)17-9-10-18(12-17)27-26(32)33-15-23-21-7-3-1-5-19(21)20-6-2-4-8-22(20)23/h1-8,16-18,23H,9-15H2,(H,27,32)(H,29,30)/t17-,18+/m0/s1. The molecule has 2 aliphatic carbocycles. The number of benzene rings is 2. The van der Waals surface area contributed by atoms with E-state index in [4.69, 9.17) is 9.84 Å². The van der Waals surface area contributed by atoms with Gasteiger partial charge in [0.05, 0.1) is 6.42 Å². The number of hydrogen-bond acceptors (Lipinski definition) is 4. The zero-order valence-electron chi connectivity index (χ0n) is 18.4. The van der Waals surface area contributed by atoms with Crippen LogP contribution in [0.3, 0.4) is 0 Å². The molecular formula is C26H28N2O5. The molecule has 0 radical (unpaired) electrons. The number of rotatable bonds is 6. The van der Waals surface area contributed by atoms with Crippen molar-refractivity contribution in [2.45, 2.75) is 37.6 Å². The van der Waals surface area contributed by atoms with Crippen molar-refractivity contribution in [2.75, 3.05) is 19.7 Å². The summed E-state index contributed by atoms with van der Waals surface area (Å²) in [4.78, 5) is 37.7. The topological polar surface area (TPSA) is 95.9 Å². The van der Waals surface area contributed by atoms with Crippen molar-refractivity contribution in [3.63, 3.8) is 0 Å². The summed E-state index contributed by atoms with van der Waals surface area (Å²) in [5.74, 6) is -0.780. The monoisotopic (exact) mass is 448 g/mol. The number of nitrogens with one attached hydrogen (secondary N) is 1. The summed E-state index contributed by atoms with van der Waals surface area (Å²) in [6.07, 6.45) is 1.74. The van der Waals surface area contributed by atoms with Gasteiger partial charge >= 0.3 is 12.1 Å². The fourth-order valence-corrected chi connectivity index (χ4v) is 5.53. The van der Waals surface area contributed by atoms with Crippen LogP contribution in [0.15, 0.2) is 48.5 Å². The lowest BCUT2D eigenvalue weighted by Gasteiger charge is -2.40. The van der Waals surface area contributed by atoms with Gasteiger partial charge in [0.15, 0.2) is 0 Å². The van der Waals surface area contributed by atoms with E-state index in [2.05, 4.69) is 29.6 Å². The first-order chi connectivity index (χ1) is 16.0. The Morgan fingerprint density at radius 2 is 1.61 bits per heavy atom. The zero-order chi connectivity index (χ0) is 22.9. The van der Waals surface area contributed by atoms with Gasteiger partial charge in [0.1, 0.15) is 6.61 Å². The number of carboxylic acid groups (broad SMARTS) is 1. The van der Waals surface area contributed by atoms with Crippen molar-refractivity contribution >= 4 is 18.0 Å². The largest absolute Gasteiger partial charge is 0.481 e. The minimum Gasteiger partial charge on any atom is -0.481 e. The summed E-state index contributed by atoms with van der Waals surface area (Å²) >= 11 is 0. The number of amides is 2. The van der Waals surface area contributed by atoms with Gasteiger partial charge in [0, 0.05) is 36.9 Å². The Hall–Kier alpha value is -3.35. The minimum absolute atomic E-state index is 0.0196. The van der Waals surface area contributed by atoms with E-state index in [1.165, 1.54) is 22.3 Å². The summed E-state index contributed by atoms with van der Waals surface area (Å²) in [7, 11) is 0. The van der Waals surface area contributed by atoms with Crippen molar-refractivity contribution in [3.8, 4) is 11.1 Å². The highest BCUT2D eigenvalue weighted by molar-refractivity contribution is 5.81. The van der Waals surface area contributed by atoms with Crippen molar-refractivity contribution in [1.29, 1.82) is 0 Å². The van der Waals surface area contributed by atoms with Gasteiger partial charge in [0.25, 0.3) is 0 Å². The second-order valence-corrected chi connectivity index (χ2v) is 9.38. The second-order valence-electron chi connectivity index (χ2n) is 9.38. The van der Waals surface area contributed by atoms with Crippen LogP contribution in [0.2, 0.25) is 0 Å². The van der Waals surface area contributed by atoms with Gasteiger partial charge in [-0.1, -0.05) is 48.5 Å². The molecule has 2 aromatic rings. The highest BCUT2D eigenvalue weighted by Gasteiger charge is 2.39. The van der Waals surface area contributed by atoms with E-state index in [-0.39, 0.29) is 42.7 Å². The molecule has 1 heterocycles. The molecule has 2 atom stereocenters. The zero-order valence-corrected chi connectivity index (χ0v) is 18.4. The van der Waals surface area contributed by atoms with Crippen LogP contribution >= 0.6 is 0 Å². The maximum Gasteiger partial charge on any atom is 0.407 e. The molecule has 1 saturated carbocycles. The Labute approximate surface area is 192 Å². The number of aliphatic carboxylic acids is 1. The molecule has 0 spiro atoms. The Balaban J connectivity index is 1.11. The lowest BCUT2D eigenvalue weighted by Crippen LogP contribution is -2.52. The molecule has 2 amide bonds. The molecule has 2 N–H and O–H groups in total. The highest BCUT2D eigenvalue weighted by Crippen LogP contribution is 2.44. The summed E-state index contributed by atoms with van der Waals surface area (Å²) < 4.78 is 5.63. The van der Waals surface area contributed by atoms with Crippen molar-refractivity contribution in [3.05, 3.63) is 59.7 Å². The van der Waals surface area contributed by atoms with Gasteiger partial charge in [0.2, 0.25) is 5.91 Å². The molecule has 2 aromatic carbocycles. The van der Waals surface area contributed by atoms with Crippen LogP contribution in [0.4, 0.5) is 4.79 Å². The van der Waals surface area contributed by atoms with Crippen LogP contribution < -0.4 is 5.32 Å². The molecular weight excluding hydrogens is 420 g/mol. The summed E-state index contributed by atoms with van der Waals surface area (Å²) in [5.41, 5.74) is 4.73. The molecule has 33 heavy (non-hydrogen) atoms. The van der Waals surface area contributed by atoms with Crippen LogP contribution in [-0.4, -0.2) is 53.7 Å². The minimum atomic E-state index is -0.819. The number of carbonyl (C=O) groups excluding carboxylic acids is 2.